The zero-order chi connectivity index (χ0) is 38.1. The molecule has 1 unspecified atom stereocenters. The van der Waals surface area contributed by atoms with E-state index in [2.05, 4.69) is 15.9 Å². The van der Waals surface area contributed by atoms with Crippen LogP contribution in [0.3, 0.4) is 0 Å². The van der Waals surface area contributed by atoms with E-state index >= 15 is 8.78 Å². The van der Waals surface area contributed by atoms with Crippen molar-refractivity contribution in [3.63, 3.8) is 0 Å². The average molecular weight is 769 g/mol. The third-order valence-corrected chi connectivity index (χ3v) is 15.4. The van der Waals surface area contributed by atoms with Crippen molar-refractivity contribution in [2.75, 3.05) is 83.2 Å². The van der Waals surface area contributed by atoms with Gasteiger partial charge in [0.15, 0.2) is 15.5 Å². The largest absolute Gasteiger partial charge is 0.469 e. The number of hydrogen-bond acceptors (Lipinski definition) is 8. The summed E-state index contributed by atoms with van der Waals surface area (Å²) in [7, 11) is -2.06. The molecule has 5 aliphatic rings. The maximum Gasteiger partial charge on any atom is 0.305 e. The molecule has 0 aromatic heterocycles. The maximum atomic E-state index is 16.3. The lowest BCUT2D eigenvalue weighted by molar-refractivity contribution is -0.142. The van der Waals surface area contributed by atoms with Crippen molar-refractivity contribution in [3.8, 4) is 0 Å². The summed E-state index contributed by atoms with van der Waals surface area (Å²) in [5.74, 6) is 0.191. The summed E-state index contributed by atoms with van der Waals surface area (Å²) in [6.45, 7) is 7.97. The molecule has 0 spiro atoms. The number of rotatable bonds is 13. The average Bonchev–Trinajstić information content (AvgIpc) is 3.59. The van der Waals surface area contributed by atoms with E-state index in [1.165, 1.54) is 20.1 Å². The highest BCUT2D eigenvalue weighted by atomic mass is 32.2. The Labute approximate surface area is 320 Å². The van der Waals surface area contributed by atoms with Crippen LogP contribution in [-0.2, 0) is 29.6 Å². The molecule has 2 aromatic rings. The minimum atomic E-state index is -3.52. The summed E-state index contributed by atoms with van der Waals surface area (Å²) in [4.78, 5) is 33.2. The van der Waals surface area contributed by atoms with Crippen LogP contribution in [0.1, 0.15) is 70.3 Å². The van der Waals surface area contributed by atoms with E-state index in [0.717, 1.165) is 95.3 Å². The zero-order valence-corrected chi connectivity index (χ0v) is 32.9. The van der Waals surface area contributed by atoms with Gasteiger partial charge in [0.1, 0.15) is 5.82 Å². The predicted octanol–water partition coefficient (Wildman–Crippen LogP) is 5.72. The number of piperidine rings is 2. The van der Waals surface area contributed by atoms with Gasteiger partial charge in [0, 0.05) is 50.6 Å². The monoisotopic (exact) mass is 768 g/mol. The summed E-state index contributed by atoms with van der Waals surface area (Å²) in [6.07, 6.45) is 7.93. The van der Waals surface area contributed by atoms with Crippen LogP contribution in [0.25, 0.3) is 0 Å². The molecule has 0 radical (unpaired) electrons. The smallest absolute Gasteiger partial charge is 0.305 e. The number of esters is 1. The molecule has 0 N–H and O–H groups in total. The van der Waals surface area contributed by atoms with Crippen LogP contribution in [0.15, 0.2) is 53.4 Å². The molecule has 1 amide bonds. The molecule has 1 aliphatic carbocycles. The first-order valence-corrected chi connectivity index (χ1v) is 21.8. The molecule has 1 saturated carbocycles. The fourth-order valence-electron chi connectivity index (χ4n) is 10.7. The third kappa shape index (κ3) is 8.36. The van der Waals surface area contributed by atoms with E-state index in [4.69, 9.17) is 4.74 Å². The second-order valence-corrected chi connectivity index (χ2v) is 19.1. The molecular formula is C42H58F2N4O5S. The standard InChI is InChI=1S/C42H58F2N4O5S/c1-31(49)47-20-5-7-32(25-47)26-54(51,52)38-14-12-37(13-15-38)48-28-41(44,29-48)27-46-21-16-34(17-22-46)42(30-45-18-6-19-45,35-9-4-10-36(43)24-35)39-11-3-8-33(39)23-40(50)53-2/h4,9-10,12-15,24,32-34,39H,3,5-8,11,16-23,25-30H2,1-2H3/t32?,33-,39+,42+/m1/s1. The fourth-order valence-corrected chi connectivity index (χ4v) is 12.4. The Kier molecular flexibility index (Phi) is 11.7. The number of ether oxygens (including phenoxy) is 1. The topological polar surface area (TPSA) is 90.5 Å². The number of amides is 1. The third-order valence-electron chi connectivity index (χ3n) is 13.5. The first-order chi connectivity index (χ1) is 25.9. The lowest BCUT2D eigenvalue weighted by Crippen LogP contribution is -2.64. The first kappa shape index (κ1) is 39.2. The highest BCUT2D eigenvalue weighted by molar-refractivity contribution is 7.91. The molecule has 4 atom stereocenters. The number of anilines is 1. The molecule has 54 heavy (non-hydrogen) atoms. The van der Waals surface area contributed by atoms with E-state index in [1.54, 1.807) is 35.2 Å². The minimum Gasteiger partial charge on any atom is -0.469 e. The number of halogens is 2. The van der Waals surface area contributed by atoms with Gasteiger partial charge < -0.3 is 19.4 Å². The van der Waals surface area contributed by atoms with E-state index in [0.29, 0.717) is 26.1 Å². The van der Waals surface area contributed by atoms with Gasteiger partial charge >= 0.3 is 5.97 Å². The Morgan fingerprint density at radius 2 is 1.65 bits per heavy atom. The molecule has 4 saturated heterocycles. The zero-order valence-electron chi connectivity index (χ0n) is 32.1. The highest BCUT2D eigenvalue weighted by Crippen LogP contribution is 2.54. The highest BCUT2D eigenvalue weighted by Gasteiger charge is 2.53. The number of hydrogen-bond donors (Lipinski definition) is 0. The Morgan fingerprint density at radius 3 is 2.30 bits per heavy atom. The number of benzene rings is 2. The lowest BCUT2D eigenvalue weighted by Gasteiger charge is -2.54. The van der Waals surface area contributed by atoms with Crippen LogP contribution < -0.4 is 4.90 Å². The van der Waals surface area contributed by atoms with Crippen molar-refractivity contribution >= 4 is 27.4 Å². The number of carbonyl (C=O) groups excluding carboxylic acids is 2. The fraction of sp³-hybridized carbons (Fsp3) is 0.667. The van der Waals surface area contributed by atoms with Crippen LogP contribution >= 0.6 is 0 Å². The molecule has 5 fully saturated rings. The molecule has 4 heterocycles. The normalized spacial score (nSPS) is 26.5. The predicted molar refractivity (Wildman–Crippen MR) is 205 cm³/mol. The minimum absolute atomic E-state index is 0.0144. The van der Waals surface area contributed by atoms with Crippen molar-refractivity contribution in [3.05, 3.63) is 59.9 Å². The van der Waals surface area contributed by atoms with Gasteiger partial charge in [-0.1, -0.05) is 18.6 Å². The molecule has 9 nitrogen and oxygen atoms in total. The molecule has 2 aromatic carbocycles. The Bertz CT molecular complexity index is 1740. The van der Waals surface area contributed by atoms with Crippen LogP contribution in [0.5, 0.6) is 0 Å². The van der Waals surface area contributed by atoms with Crippen molar-refractivity contribution in [1.82, 2.24) is 14.7 Å². The maximum absolute atomic E-state index is 16.3. The van der Waals surface area contributed by atoms with Gasteiger partial charge in [-0.15, -0.1) is 0 Å². The summed E-state index contributed by atoms with van der Waals surface area (Å²) in [6, 6.07) is 14.0. The van der Waals surface area contributed by atoms with E-state index in [9.17, 15) is 18.0 Å². The molecule has 296 valence electrons. The number of sulfone groups is 1. The van der Waals surface area contributed by atoms with E-state index in [1.807, 2.05) is 11.0 Å². The number of nitrogens with zero attached hydrogens (tertiary/aromatic N) is 4. The summed E-state index contributed by atoms with van der Waals surface area (Å²) in [5.41, 5.74) is 0.175. The van der Waals surface area contributed by atoms with Gasteiger partial charge in [0.2, 0.25) is 5.91 Å². The molecule has 0 bridgehead atoms. The summed E-state index contributed by atoms with van der Waals surface area (Å²) >= 11 is 0. The second-order valence-electron chi connectivity index (χ2n) is 17.1. The number of carbonyl (C=O) groups is 2. The molecule has 4 aliphatic heterocycles. The van der Waals surface area contributed by atoms with Crippen LogP contribution in [-0.4, -0.2) is 119 Å². The van der Waals surface area contributed by atoms with Gasteiger partial charge in [-0.2, -0.15) is 0 Å². The van der Waals surface area contributed by atoms with Crippen LogP contribution in [0.4, 0.5) is 14.5 Å². The SMILES string of the molecule is COC(=O)C[C@H]1CCC[C@@H]1[C@](CN1CCC1)(c1cccc(F)c1)C1CCN(CC2(F)CN(c3ccc(S(=O)(=O)CC4CCCN(C(C)=O)C4)cc3)C2)CC1. The number of alkyl halides is 1. The Hall–Kier alpha value is -3.09. The molecule has 12 heteroatoms. The quantitative estimate of drug-likeness (QED) is 0.239. The Morgan fingerprint density at radius 1 is 0.907 bits per heavy atom. The van der Waals surface area contributed by atoms with Crippen LogP contribution in [0, 0.1) is 29.5 Å². The van der Waals surface area contributed by atoms with Crippen molar-refractivity contribution in [2.45, 2.75) is 80.7 Å². The van der Waals surface area contributed by atoms with Gasteiger partial charge in [-0.25, -0.2) is 17.2 Å². The van der Waals surface area contributed by atoms with Crippen molar-refractivity contribution in [2.24, 2.45) is 23.7 Å². The number of methoxy groups -OCH3 is 1. The molecule has 7 rings (SSSR count). The second kappa shape index (κ2) is 16.2. The lowest BCUT2D eigenvalue weighted by atomic mass is 9.56. The molecular weight excluding hydrogens is 711 g/mol. The number of likely N-dealkylation sites (tertiary alicyclic amines) is 3. The first-order valence-electron chi connectivity index (χ1n) is 20.2. The van der Waals surface area contributed by atoms with E-state index < -0.39 is 15.5 Å². The van der Waals surface area contributed by atoms with Crippen molar-refractivity contribution < 1.29 is 31.5 Å². The van der Waals surface area contributed by atoms with Crippen LogP contribution in [0.2, 0.25) is 0 Å². The van der Waals surface area contributed by atoms with Gasteiger partial charge in [0.05, 0.1) is 30.8 Å². The van der Waals surface area contributed by atoms with Gasteiger partial charge in [0.25, 0.3) is 0 Å². The van der Waals surface area contributed by atoms with Gasteiger partial charge in [-0.05, 0) is 137 Å². The van der Waals surface area contributed by atoms with E-state index in [-0.39, 0.29) is 70.5 Å². The Balaban J connectivity index is 0.988. The van der Waals surface area contributed by atoms with Gasteiger partial charge in [-0.3, -0.25) is 14.5 Å². The summed E-state index contributed by atoms with van der Waals surface area (Å²) < 4.78 is 62.9. The van der Waals surface area contributed by atoms with Crippen molar-refractivity contribution in [1.29, 1.82) is 0 Å². The summed E-state index contributed by atoms with van der Waals surface area (Å²) in [5, 5.41) is 0.